The van der Waals surface area contributed by atoms with Gasteiger partial charge in [0.2, 0.25) is 0 Å². The van der Waals surface area contributed by atoms with E-state index in [1.807, 2.05) is 13.8 Å². The number of carbonyl (C=O) groups is 1. The highest BCUT2D eigenvalue weighted by atomic mass is 16.5. The first kappa shape index (κ1) is 17.3. The largest absolute Gasteiger partial charge is 0.378 e. The highest BCUT2D eigenvalue weighted by Crippen LogP contribution is 2.24. The van der Waals surface area contributed by atoms with E-state index in [0.717, 1.165) is 12.8 Å². The van der Waals surface area contributed by atoms with Crippen LogP contribution in [0.2, 0.25) is 0 Å². The van der Waals surface area contributed by atoms with E-state index in [2.05, 4.69) is 20.4 Å². The first-order valence-electron chi connectivity index (χ1n) is 6.64. The fraction of sp³-hybridized carbons (Fsp3) is 0.800. The van der Waals surface area contributed by atoms with Gasteiger partial charge < -0.3 is 9.47 Å². The molecule has 0 heterocycles. The van der Waals surface area contributed by atoms with Crippen LogP contribution in [-0.2, 0) is 14.3 Å². The molecule has 0 saturated heterocycles. The van der Waals surface area contributed by atoms with Gasteiger partial charge in [0, 0.05) is 7.11 Å². The SMILES string of the molecule is C=C(C)C(=O)[C@@](C)(CC)OCCC(C)(CC)OC. The van der Waals surface area contributed by atoms with E-state index in [4.69, 9.17) is 9.47 Å². The van der Waals surface area contributed by atoms with Crippen LogP contribution < -0.4 is 0 Å². The Kier molecular flexibility index (Phi) is 6.79. The molecule has 2 atom stereocenters. The zero-order valence-corrected chi connectivity index (χ0v) is 12.8. The van der Waals surface area contributed by atoms with Crippen LogP contribution in [-0.4, -0.2) is 30.7 Å². The number of methoxy groups -OCH3 is 1. The predicted molar refractivity (Wildman–Crippen MR) is 74.8 cm³/mol. The quantitative estimate of drug-likeness (QED) is 0.592. The molecule has 0 spiro atoms. The van der Waals surface area contributed by atoms with E-state index in [-0.39, 0.29) is 11.4 Å². The number of carbonyl (C=O) groups excluding carboxylic acids is 1. The van der Waals surface area contributed by atoms with Crippen LogP contribution in [0, 0.1) is 0 Å². The maximum atomic E-state index is 12.0. The van der Waals surface area contributed by atoms with Gasteiger partial charge >= 0.3 is 0 Å². The van der Waals surface area contributed by atoms with Crippen LogP contribution in [0.25, 0.3) is 0 Å². The molecule has 0 bridgehead atoms. The minimum absolute atomic E-state index is 0.0133. The zero-order chi connectivity index (χ0) is 14.4. The van der Waals surface area contributed by atoms with Gasteiger partial charge in [0.25, 0.3) is 0 Å². The molecule has 18 heavy (non-hydrogen) atoms. The standard InChI is InChI=1S/C15H28O3/c1-8-14(5,17-7)10-11-18-15(6,9-2)13(16)12(3)4/h3,8-11H2,1-2,4-7H3/t14?,15-/m1/s1. The molecule has 0 aliphatic carbocycles. The van der Waals surface area contributed by atoms with E-state index in [9.17, 15) is 4.79 Å². The molecule has 0 N–H and O–H groups in total. The number of Topliss-reactive ketones (excluding diaryl/α,β-unsaturated/α-hetero) is 1. The number of ketones is 1. The average molecular weight is 256 g/mol. The molecule has 0 rings (SSSR count). The van der Waals surface area contributed by atoms with Crippen molar-refractivity contribution in [3.8, 4) is 0 Å². The van der Waals surface area contributed by atoms with Crippen molar-refractivity contribution < 1.29 is 14.3 Å². The van der Waals surface area contributed by atoms with Crippen LogP contribution in [0.1, 0.15) is 53.9 Å². The van der Waals surface area contributed by atoms with Gasteiger partial charge in [-0.25, -0.2) is 0 Å². The second-order valence-electron chi connectivity index (χ2n) is 5.30. The first-order valence-corrected chi connectivity index (χ1v) is 6.64. The van der Waals surface area contributed by atoms with Crippen molar-refractivity contribution in [2.24, 2.45) is 0 Å². The van der Waals surface area contributed by atoms with Gasteiger partial charge in [-0.2, -0.15) is 0 Å². The van der Waals surface area contributed by atoms with Crippen molar-refractivity contribution in [1.82, 2.24) is 0 Å². The van der Waals surface area contributed by atoms with Gasteiger partial charge in [-0.15, -0.1) is 0 Å². The summed E-state index contributed by atoms with van der Waals surface area (Å²) in [6.45, 7) is 13.9. The van der Waals surface area contributed by atoms with Gasteiger partial charge in [0.05, 0.1) is 12.2 Å². The lowest BCUT2D eigenvalue weighted by molar-refractivity contribution is -0.141. The molecule has 0 saturated carbocycles. The maximum Gasteiger partial charge on any atom is 0.189 e. The zero-order valence-electron chi connectivity index (χ0n) is 12.8. The molecule has 106 valence electrons. The van der Waals surface area contributed by atoms with Gasteiger partial charge in [0.1, 0.15) is 5.60 Å². The molecule has 0 amide bonds. The van der Waals surface area contributed by atoms with Gasteiger partial charge in [0.15, 0.2) is 5.78 Å². The molecule has 0 aliphatic heterocycles. The van der Waals surface area contributed by atoms with Crippen molar-refractivity contribution in [3.63, 3.8) is 0 Å². The predicted octanol–water partition coefficient (Wildman–Crippen LogP) is 3.52. The number of ether oxygens (including phenoxy) is 2. The number of hydrogen-bond acceptors (Lipinski definition) is 3. The van der Waals surface area contributed by atoms with Crippen LogP contribution in [0.15, 0.2) is 12.2 Å². The molecule has 0 aromatic rings. The third-order valence-electron chi connectivity index (χ3n) is 3.83. The van der Waals surface area contributed by atoms with E-state index < -0.39 is 5.60 Å². The number of hydrogen-bond donors (Lipinski definition) is 0. The second kappa shape index (κ2) is 7.05. The maximum absolute atomic E-state index is 12.0. The Labute approximate surface area is 112 Å². The van der Waals surface area contributed by atoms with Crippen LogP contribution in [0.4, 0.5) is 0 Å². The Balaban J connectivity index is 4.49. The lowest BCUT2D eigenvalue weighted by Crippen LogP contribution is -2.40. The van der Waals surface area contributed by atoms with E-state index >= 15 is 0 Å². The molecule has 0 fully saturated rings. The van der Waals surface area contributed by atoms with Crippen LogP contribution in [0.3, 0.4) is 0 Å². The fourth-order valence-electron chi connectivity index (χ4n) is 1.69. The minimum Gasteiger partial charge on any atom is -0.378 e. The lowest BCUT2D eigenvalue weighted by Gasteiger charge is -2.31. The summed E-state index contributed by atoms with van der Waals surface area (Å²) in [7, 11) is 1.71. The van der Waals surface area contributed by atoms with Gasteiger partial charge in [-0.1, -0.05) is 20.4 Å². The Hall–Kier alpha value is -0.670. The van der Waals surface area contributed by atoms with Crippen molar-refractivity contribution in [2.45, 2.75) is 65.1 Å². The van der Waals surface area contributed by atoms with Crippen LogP contribution in [0.5, 0.6) is 0 Å². The van der Waals surface area contributed by atoms with Crippen molar-refractivity contribution in [1.29, 1.82) is 0 Å². The normalized spacial score (nSPS) is 17.9. The minimum atomic E-state index is -0.756. The topological polar surface area (TPSA) is 35.5 Å². The summed E-state index contributed by atoms with van der Waals surface area (Å²) in [6.07, 6.45) is 2.34. The lowest BCUT2D eigenvalue weighted by atomic mass is 9.93. The Morgan fingerprint density at radius 3 is 2.11 bits per heavy atom. The molecule has 0 aromatic heterocycles. The van der Waals surface area contributed by atoms with Crippen LogP contribution >= 0.6 is 0 Å². The van der Waals surface area contributed by atoms with E-state index in [0.29, 0.717) is 18.6 Å². The second-order valence-corrected chi connectivity index (χ2v) is 5.30. The summed E-state index contributed by atoms with van der Waals surface area (Å²) < 4.78 is 11.3. The summed E-state index contributed by atoms with van der Waals surface area (Å²) in [5.74, 6) is -0.0133. The highest BCUT2D eigenvalue weighted by Gasteiger charge is 2.33. The summed E-state index contributed by atoms with van der Waals surface area (Å²) in [5, 5.41) is 0. The summed E-state index contributed by atoms with van der Waals surface area (Å²) in [6, 6.07) is 0. The molecular formula is C15H28O3. The molecule has 0 aliphatic rings. The first-order chi connectivity index (χ1) is 8.24. The highest BCUT2D eigenvalue weighted by molar-refractivity contribution is 6.00. The van der Waals surface area contributed by atoms with Crippen molar-refractivity contribution in [3.05, 3.63) is 12.2 Å². The summed E-state index contributed by atoms with van der Waals surface area (Å²) >= 11 is 0. The fourth-order valence-corrected chi connectivity index (χ4v) is 1.69. The van der Waals surface area contributed by atoms with Crippen molar-refractivity contribution in [2.75, 3.05) is 13.7 Å². The van der Waals surface area contributed by atoms with Crippen molar-refractivity contribution >= 4 is 5.78 Å². The monoisotopic (exact) mass is 256 g/mol. The molecule has 1 unspecified atom stereocenters. The molecule has 3 nitrogen and oxygen atoms in total. The Bertz CT molecular complexity index is 292. The Morgan fingerprint density at radius 1 is 1.22 bits per heavy atom. The summed E-state index contributed by atoms with van der Waals surface area (Å²) in [5.41, 5.74) is -0.390. The van der Waals surface area contributed by atoms with Gasteiger partial charge in [-0.3, -0.25) is 4.79 Å². The Morgan fingerprint density at radius 2 is 1.78 bits per heavy atom. The van der Waals surface area contributed by atoms with Gasteiger partial charge in [-0.05, 0) is 45.6 Å². The molecule has 0 radical (unpaired) electrons. The number of rotatable bonds is 9. The van der Waals surface area contributed by atoms with E-state index in [1.54, 1.807) is 14.0 Å². The average Bonchev–Trinajstić information content (AvgIpc) is 2.37. The summed E-state index contributed by atoms with van der Waals surface area (Å²) in [4.78, 5) is 12.0. The third kappa shape index (κ3) is 4.54. The molecular weight excluding hydrogens is 228 g/mol. The van der Waals surface area contributed by atoms with E-state index in [1.165, 1.54) is 0 Å². The molecule has 3 heteroatoms. The third-order valence-corrected chi connectivity index (χ3v) is 3.83. The molecule has 0 aromatic carbocycles. The smallest absolute Gasteiger partial charge is 0.189 e.